The van der Waals surface area contributed by atoms with Gasteiger partial charge in [0, 0.05) is 18.1 Å². The minimum atomic E-state index is 0.912. The lowest BCUT2D eigenvalue weighted by atomic mass is 9.95. The van der Waals surface area contributed by atoms with Crippen molar-refractivity contribution < 1.29 is 0 Å². The van der Waals surface area contributed by atoms with Gasteiger partial charge in [-0.2, -0.15) is 0 Å². The first-order valence-electron chi connectivity index (χ1n) is 6.25. The van der Waals surface area contributed by atoms with Crippen LogP contribution in [-0.4, -0.2) is 24.6 Å². The average Bonchev–Trinajstić information content (AvgIpc) is 2.83. The number of hydrogen-bond acceptors (Lipinski definition) is 4. The number of nitrogens with one attached hydrogen (secondary N) is 2. The normalized spacial score (nSPS) is 21.1. The summed E-state index contributed by atoms with van der Waals surface area (Å²) in [5, 5.41) is 10.2. The van der Waals surface area contributed by atoms with E-state index in [9.17, 15) is 0 Å². The third-order valence-electron chi connectivity index (χ3n) is 3.12. The molecule has 0 aromatic carbocycles. The van der Waals surface area contributed by atoms with Gasteiger partial charge >= 0.3 is 0 Å². The summed E-state index contributed by atoms with van der Waals surface area (Å²) in [6.07, 6.45) is 7.29. The third kappa shape index (κ3) is 4.20. The third-order valence-corrected chi connectivity index (χ3v) is 3.90. The smallest absolute Gasteiger partial charge is 0.106 e. The number of nitrogens with zero attached hydrogens (tertiary/aromatic N) is 1. The zero-order chi connectivity index (χ0) is 11.1. The molecule has 1 aliphatic rings. The Labute approximate surface area is 102 Å². The van der Waals surface area contributed by atoms with Crippen molar-refractivity contribution >= 4 is 11.3 Å². The molecule has 16 heavy (non-hydrogen) atoms. The molecule has 2 rings (SSSR count). The first-order chi connectivity index (χ1) is 7.95. The Kier molecular flexibility index (Phi) is 5.25. The van der Waals surface area contributed by atoms with E-state index in [0.717, 1.165) is 19.0 Å². The molecule has 1 aromatic heterocycles. The lowest BCUT2D eigenvalue weighted by Gasteiger charge is -2.22. The molecule has 4 heteroatoms. The molecule has 1 unspecified atom stereocenters. The van der Waals surface area contributed by atoms with Crippen LogP contribution in [0.15, 0.2) is 11.6 Å². The molecule has 3 nitrogen and oxygen atoms in total. The van der Waals surface area contributed by atoms with Crippen molar-refractivity contribution in [3.63, 3.8) is 0 Å². The van der Waals surface area contributed by atoms with Gasteiger partial charge in [-0.1, -0.05) is 0 Å². The van der Waals surface area contributed by atoms with Crippen LogP contribution >= 0.6 is 11.3 Å². The minimum Gasteiger partial charge on any atom is -0.316 e. The predicted octanol–water partition coefficient (Wildman–Crippen LogP) is 2.01. The Morgan fingerprint density at radius 2 is 2.56 bits per heavy atom. The van der Waals surface area contributed by atoms with Gasteiger partial charge in [0.05, 0.1) is 0 Å². The molecular formula is C12H21N3S. The number of aromatic nitrogens is 1. The maximum absolute atomic E-state index is 4.25. The van der Waals surface area contributed by atoms with Gasteiger partial charge in [-0.05, 0) is 51.2 Å². The van der Waals surface area contributed by atoms with Gasteiger partial charge in [0.15, 0.2) is 0 Å². The molecule has 1 atom stereocenters. The Bertz CT molecular complexity index is 268. The number of rotatable bonds is 6. The Morgan fingerprint density at radius 3 is 3.31 bits per heavy atom. The van der Waals surface area contributed by atoms with Crippen LogP contribution in [0.1, 0.15) is 30.7 Å². The highest BCUT2D eigenvalue weighted by Gasteiger charge is 2.11. The van der Waals surface area contributed by atoms with Crippen LogP contribution in [0.4, 0.5) is 0 Å². The number of piperidine rings is 1. The Hall–Kier alpha value is -0.450. The highest BCUT2D eigenvalue weighted by molar-refractivity contribution is 7.09. The fourth-order valence-electron chi connectivity index (χ4n) is 2.22. The zero-order valence-electron chi connectivity index (χ0n) is 9.74. The molecule has 1 aliphatic heterocycles. The van der Waals surface area contributed by atoms with Crippen LogP contribution in [0.2, 0.25) is 0 Å². The maximum Gasteiger partial charge on any atom is 0.106 e. The van der Waals surface area contributed by atoms with Crippen LogP contribution in [-0.2, 0) is 6.54 Å². The molecule has 1 fully saturated rings. The SMILES string of the molecule is c1csc(CNCCCC2CCCNC2)n1. The monoisotopic (exact) mass is 239 g/mol. The van der Waals surface area contributed by atoms with Crippen molar-refractivity contribution in [2.45, 2.75) is 32.2 Å². The quantitative estimate of drug-likeness (QED) is 0.746. The molecule has 1 saturated heterocycles. The molecule has 2 N–H and O–H groups in total. The topological polar surface area (TPSA) is 37.0 Å². The van der Waals surface area contributed by atoms with Gasteiger partial charge < -0.3 is 10.6 Å². The van der Waals surface area contributed by atoms with Gasteiger partial charge in [0.25, 0.3) is 0 Å². The standard InChI is InChI=1S/C12H21N3S/c1-3-11(9-13-5-1)4-2-6-14-10-12-15-7-8-16-12/h7-8,11,13-14H,1-6,9-10H2. The molecule has 0 spiro atoms. The lowest BCUT2D eigenvalue weighted by molar-refractivity contribution is 0.348. The highest BCUT2D eigenvalue weighted by Crippen LogP contribution is 2.15. The molecule has 0 aliphatic carbocycles. The van der Waals surface area contributed by atoms with E-state index < -0.39 is 0 Å². The van der Waals surface area contributed by atoms with Gasteiger partial charge in [0.1, 0.15) is 5.01 Å². The molecule has 0 amide bonds. The lowest BCUT2D eigenvalue weighted by Crippen LogP contribution is -2.30. The van der Waals surface area contributed by atoms with E-state index in [-0.39, 0.29) is 0 Å². The highest BCUT2D eigenvalue weighted by atomic mass is 32.1. The van der Waals surface area contributed by atoms with Gasteiger partial charge in [-0.25, -0.2) is 4.98 Å². The molecule has 0 radical (unpaired) electrons. The molecule has 1 aromatic rings. The van der Waals surface area contributed by atoms with Crippen LogP contribution in [0.3, 0.4) is 0 Å². The summed E-state index contributed by atoms with van der Waals surface area (Å²) in [6.45, 7) is 4.50. The molecule has 90 valence electrons. The summed E-state index contributed by atoms with van der Waals surface area (Å²) >= 11 is 1.73. The fraction of sp³-hybridized carbons (Fsp3) is 0.750. The Balaban J connectivity index is 1.48. The van der Waals surface area contributed by atoms with Gasteiger partial charge in [-0.3, -0.25) is 0 Å². The van der Waals surface area contributed by atoms with Crippen molar-refractivity contribution in [3.8, 4) is 0 Å². The van der Waals surface area contributed by atoms with Crippen LogP contribution < -0.4 is 10.6 Å². The molecule has 2 heterocycles. The summed E-state index contributed by atoms with van der Waals surface area (Å²) in [5.41, 5.74) is 0. The van der Waals surface area contributed by atoms with E-state index in [2.05, 4.69) is 15.6 Å². The van der Waals surface area contributed by atoms with Gasteiger partial charge in [0.2, 0.25) is 0 Å². The van der Waals surface area contributed by atoms with E-state index in [1.165, 1.54) is 43.8 Å². The van der Waals surface area contributed by atoms with Crippen LogP contribution in [0.25, 0.3) is 0 Å². The second-order valence-corrected chi connectivity index (χ2v) is 5.44. The zero-order valence-corrected chi connectivity index (χ0v) is 10.6. The second kappa shape index (κ2) is 6.99. The number of hydrogen-bond donors (Lipinski definition) is 2. The first-order valence-corrected chi connectivity index (χ1v) is 7.13. The van der Waals surface area contributed by atoms with Crippen molar-refractivity contribution in [2.24, 2.45) is 5.92 Å². The summed E-state index contributed by atoms with van der Waals surface area (Å²) in [5.74, 6) is 0.912. The molecule has 0 saturated carbocycles. The van der Waals surface area contributed by atoms with E-state index in [1.54, 1.807) is 11.3 Å². The second-order valence-electron chi connectivity index (χ2n) is 4.46. The number of thiazole rings is 1. The van der Waals surface area contributed by atoms with Gasteiger partial charge in [-0.15, -0.1) is 11.3 Å². The van der Waals surface area contributed by atoms with Crippen LogP contribution in [0, 0.1) is 5.92 Å². The minimum absolute atomic E-state index is 0.912. The predicted molar refractivity (Wildman–Crippen MR) is 68.6 cm³/mol. The summed E-state index contributed by atoms with van der Waals surface area (Å²) in [6, 6.07) is 0. The summed E-state index contributed by atoms with van der Waals surface area (Å²) in [4.78, 5) is 4.25. The summed E-state index contributed by atoms with van der Waals surface area (Å²) < 4.78 is 0. The van der Waals surface area contributed by atoms with Crippen LogP contribution in [0.5, 0.6) is 0 Å². The molecule has 0 bridgehead atoms. The maximum atomic E-state index is 4.25. The average molecular weight is 239 g/mol. The van der Waals surface area contributed by atoms with E-state index in [4.69, 9.17) is 0 Å². The summed E-state index contributed by atoms with van der Waals surface area (Å²) in [7, 11) is 0. The van der Waals surface area contributed by atoms with Crippen molar-refractivity contribution in [3.05, 3.63) is 16.6 Å². The van der Waals surface area contributed by atoms with E-state index >= 15 is 0 Å². The van der Waals surface area contributed by atoms with Crippen molar-refractivity contribution in [1.29, 1.82) is 0 Å². The van der Waals surface area contributed by atoms with Crippen molar-refractivity contribution in [2.75, 3.05) is 19.6 Å². The first kappa shape index (κ1) is 12.0. The van der Waals surface area contributed by atoms with E-state index in [1.807, 2.05) is 11.6 Å². The fourth-order valence-corrected chi connectivity index (χ4v) is 2.81. The van der Waals surface area contributed by atoms with E-state index in [0.29, 0.717) is 0 Å². The van der Waals surface area contributed by atoms with Crippen molar-refractivity contribution in [1.82, 2.24) is 15.6 Å². The molecular weight excluding hydrogens is 218 g/mol. The largest absolute Gasteiger partial charge is 0.316 e. The Morgan fingerprint density at radius 1 is 1.56 bits per heavy atom.